The van der Waals surface area contributed by atoms with Crippen molar-refractivity contribution in [3.63, 3.8) is 0 Å². The van der Waals surface area contributed by atoms with Gasteiger partial charge in [0.25, 0.3) is 5.91 Å². The average Bonchev–Trinajstić information content (AvgIpc) is 3.23. The van der Waals surface area contributed by atoms with Crippen LogP contribution in [0.2, 0.25) is 0 Å². The zero-order valence-electron chi connectivity index (χ0n) is 14.3. The highest BCUT2D eigenvalue weighted by atomic mass is 32.1. The van der Waals surface area contributed by atoms with E-state index in [2.05, 4.69) is 23.5 Å². The third kappa shape index (κ3) is 3.43. The molecule has 2 aromatic carbocycles. The van der Waals surface area contributed by atoms with Crippen LogP contribution in [0.4, 0.5) is 5.69 Å². The molecule has 1 unspecified atom stereocenters. The summed E-state index contributed by atoms with van der Waals surface area (Å²) in [6.07, 6.45) is 2.25. The number of nitrogens with one attached hydrogen (secondary N) is 2. The maximum atomic E-state index is 12.5. The number of quaternary nitrogens is 1. The molecule has 1 saturated heterocycles. The van der Waals surface area contributed by atoms with E-state index in [0.29, 0.717) is 12.6 Å². The lowest BCUT2D eigenvalue weighted by molar-refractivity contribution is -0.910. The third-order valence-corrected chi connectivity index (χ3v) is 6.05. The number of fused-ring (bicyclic) bond motifs is 1. The SMILES string of the molecule is Cc1ccccc1NC(=O)C[NH+]1CCC[C@@H]1c1nc2ccccc2s1. The number of carbonyl (C=O) groups excluding carboxylic acids is 1. The van der Waals surface area contributed by atoms with Gasteiger partial charge in [-0.2, -0.15) is 0 Å². The Labute approximate surface area is 151 Å². The molecule has 5 heteroatoms. The van der Waals surface area contributed by atoms with Crippen molar-refractivity contribution >= 4 is 33.1 Å². The second-order valence-electron chi connectivity index (χ2n) is 6.66. The van der Waals surface area contributed by atoms with Crippen LogP contribution in [0.25, 0.3) is 10.2 Å². The Morgan fingerprint density at radius 3 is 2.88 bits per heavy atom. The predicted octanol–water partition coefficient (Wildman–Crippen LogP) is 2.96. The van der Waals surface area contributed by atoms with Crippen LogP contribution < -0.4 is 10.2 Å². The van der Waals surface area contributed by atoms with Crippen molar-refractivity contribution in [1.29, 1.82) is 0 Å². The number of thiazole rings is 1. The molecule has 0 aliphatic carbocycles. The zero-order chi connectivity index (χ0) is 17.2. The van der Waals surface area contributed by atoms with Gasteiger partial charge in [-0.25, -0.2) is 4.98 Å². The minimum atomic E-state index is 0.0808. The Bertz CT molecular complexity index is 872. The van der Waals surface area contributed by atoms with Crippen LogP contribution >= 0.6 is 11.3 Å². The summed E-state index contributed by atoms with van der Waals surface area (Å²) in [6.45, 7) is 3.54. The van der Waals surface area contributed by atoms with Gasteiger partial charge in [0.15, 0.2) is 11.6 Å². The molecule has 2 heterocycles. The number of likely N-dealkylation sites (tertiary alicyclic amines) is 1. The van der Waals surface area contributed by atoms with E-state index >= 15 is 0 Å². The van der Waals surface area contributed by atoms with Gasteiger partial charge in [-0.15, -0.1) is 11.3 Å². The minimum Gasteiger partial charge on any atom is -0.321 e. The molecule has 1 aromatic heterocycles. The molecule has 4 nitrogen and oxygen atoms in total. The molecule has 1 amide bonds. The fourth-order valence-electron chi connectivity index (χ4n) is 3.57. The molecule has 0 spiro atoms. The van der Waals surface area contributed by atoms with Crippen LogP contribution in [0.3, 0.4) is 0 Å². The third-order valence-electron chi connectivity index (χ3n) is 4.90. The number of benzene rings is 2. The normalized spacial score (nSPS) is 20.0. The summed E-state index contributed by atoms with van der Waals surface area (Å²) in [5, 5.41) is 4.22. The highest BCUT2D eigenvalue weighted by molar-refractivity contribution is 7.18. The standard InChI is InChI=1S/C20H21N3OS/c1-14-7-2-3-8-15(14)21-19(24)13-23-12-6-10-17(23)20-22-16-9-4-5-11-18(16)25-20/h2-5,7-9,11,17H,6,10,12-13H2,1H3,(H,21,24)/p+1/t17-/m1/s1. The molecule has 1 aliphatic heterocycles. The highest BCUT2D eigenvalue weighted by Gasteiger charge is 2.34. The van der Waals surface area contributed by atoms with Gasteiger partial charge >= 0.3 is 0 Å². The molecule has 1 aliphatic rings. The van der Waals surface area contributed by atoms with Crippen LogP contribution in [0, 0.1) is 6.92 Å². The van der Waals surface area contributed by atoms with E-state index in [-0.39, 0.29) is 5.91 Å². The molecule has 2 atom stereocenters. The smallest absolute Gasteiger partial charge is 0.279 e. The van der Waals surface area contributed by atoms with Gasteiger partial charge in [0.05, 0.1) is 16.8 Å². The first-order valence-electron chi connectivity index (χ1n) is 8.76. The van der Waals surface area contributed by atoms with Crippen molar-refractivity contribution in [2.45, 2.75) is 25.8 Å². The molecule has 25 heavy (non-hydrogen) atoms. The van der Waals surface area contributed by atoms with Crippen molar-refractivity contribution in [3.8, 4) is 0 Å². The fraction of sp³-hybridized carbons (Fsp3) is 0.300. The van der Waals surface area contributed by atoms with E-state index < -0.39 is 0 Å². The molecule has 2 N–H and O–H groups in total. The van der Waals surface area contributed by atoms with Gasteiger partial charge in [0, 0.05) is 18.5 Å². The van der Waals surface area contributed by atoms with Gasteiger partial charge in [0.2, 0.25) is 0 Å². The first-order chi connectivity index (χ1) is 12.2. The number of nitrogens with zero attached hydrogens (tertiary/aromatic N) is 1. The number of hydrogen-bond donors (Lipinski definition) is 2. The molecular formula is C20H22N3OS+. The number of para-hydroxylation sites is 2. The summed E-state index contributed by atoms with van der Waals surface area (Å²) in [5.74, 6) is 0.0808. The first kappa shape index (κ1) is 16.2. The van der Waals surface area contributed by atoms with Crippen LogP contribution in [0.5, 0.6) is 0 Å². The van der Waals surface area contributed by atoms with Crippen LogP contribution in [0.1, 0.15) is 29.5 Å². The number of amides is 1. The maximum Gasteiger partial charge on any atom is 0.279 e. The van der Waals surface area contributed by atoms with Gasteiger partial charge in [-0.05, 0) is 30.7 Å². The molecule has 4 rings (SSSR count). The van der Waals surface area contributed by atoms with Crippen LogP contribution in [0.15, 0.2) is 48.5 Å². The van der Waals surface area contributed by atoms with E-state index in [9.17, 15) is 4.79 Å². The lowest BCUT2D eigenvalue weighted by Crippen LogP contribution is -3.11. The summed E-state index contributed by atoms with van der Waals surface area (Å²) < 4.78 is 1.23. The van der Waals surface area contributed by atoms with E-state index in [1.807, 2.05) is 37.3 Å². The quantitative estimate of drug-likeness (QED) is 0.758. The Balaban J connectivity index is 1.48. The highest BCUT2D eigenvalue weighted by Crippen LogP contribution is 2.28. The van der Waals surface area contributed by atoms with Gasteiger partial charge in [0.1, 0.15) is 6.04 Å². The molecule has 1 fully saturated rings. The zero-order valence-corrected chi connectivity index (χ0v) is 15.1. The summed E-state index contributed by atoms with van der Waals surface area (Å²) in [7, 11) is 0. The van der Waals surface area contributed by atoms with Gasteiger partial charge in [-0.1, -0.05) is 30.3 Å². The molecule has 0 radical (unpaired) electrons. The number of rotatable bonds is 4. The van der Waals surface area contributed by atoms with Crippen molar-refractivity contribution in [1.82, 2.24) is 4.98 Å². The minimum absolute atomic E-state index is 0.0808. The monoisotopic (exact) mass is 352 g/mol. The molecule has 3 aromatic rings. The second kappa shape index (κ2) is 6.94. The Morgan fingerprint density at radius 1 is 1.24 bits per heavy atom. The summed E-state index contributed by atoms with van der Waals surface area (Å²) in [5.41, 5.74) is 3.07. The van der Waals surface area contributed by atoms with E-state index in [4.69, 9.17) is 4.98 Å². The lowest BCUT2D eigenvalue weighted by atomic mass is 10.2. The number of aromatic nitrogens is 1. The topological polar surface area (TPSA) is 46.4 Å². The van der Waals surface area contributed by atoms with Crippen LogP contribution in [-0.4, -0.2) is 24.0 Å². The number of aryl methyl sites for hydroxylation is 1. The fourth-order valence-corrected chi connectivity index (χ4v) is 4.74. The molecule has 0 saturated carbocycles. The number of carbonyl (C=O) groups is 1. The lowest BCUT2D eigenvalue weighted by Gasteiger charge is -2.19. The number of anilines is 1. The Morgan fingerprint density at radius 2 is 2.04 bits per heavy atom. The van der Waals surface area contributed by atoms with E-state index in [1.54, 1.807) is 11.3 Å². The molecule has 0 bridgehead atoms. The Hall–Kier alpha value is -2.24. The van der Waals surface area contributed by atoms with Crippen molar-refractivity contribution in [2.24, 2.45) is 0 Å². The summed E-state index contributed by atoms with van der Waals surface area (Å²) in [6, 6.07) is 16.5. The van der Waals surface area contributed by atoms with Crippen LogP contribution in [-0.2, 0) is 4.79 Å². The summed E-state index contributed by atoms with van der Waals surface area (Å²) in [4.78, 5) is 18.7. The number of hydrogen-bond acceptors (Lipinski definition) is 3. The van der Waals surface area contributed by atoms with E-state index in [0.717, 1.165) is 41.2 Å². The van der Waals surface area contributed by atoms with Crippen molar-refractivity contribution in [2.75, 3.05) is 18.4 Å². The average molecular weight is 352 g/mol. The molecular weight excluding hydrogens is 330 g/mol. The van der Waals surface area contributed by atoms with E-state index in [1.165, 1.54) is 9.60 Å². The maximum absolute atomic E-state index is 12.5. The van der Waals surface area contributed by atoms with Gasteiger partial charge in [-0.3, -0.25) is 4.79 Å². The van der Waals surface area contributed by atoms with Gasteiger partial charge < -0.3 is 10.2 Å². The van der Waals surface area contributed by atoms with Crippen molar-refractivity contribution < 1.29 is 9.69 Å². The second-order valence-corrected chi connectivity index (χ2v) is 7.72. The van der Waals surface area contributed by atoms with Crippen molar-refractivity contribution in [3.05, 3.63) is 59.1 Å². The molecule has 128 valence electrons. The first-order valence-corrected chi connectivity index (χ1v) is 9.58. The predicted molar refractivity (Wildman–Crippen MR) is 102 cm³/mol. The summed E-state index contributed by atoms with van der Waals surface area (Å²) >= 11 is 1.77. The Kier molecular flexibility index (Phi) is 4.51. The largest absolute Gasteiger partial charge is 0.321 e.